The molecule has 1 atom stereocenters. The van der Waals surface area contributed by atoms with Crippen LogP contribution in [0.2, 0.25) is 0 Å². The largest absolute Gasteiger partial charge is 0.496 e. The summed E-state index contributed by atoms with van der Waals surface area (Å²) < 4.78 is 20.3. The number of benzene rings is 3. The lowest BCUT2D eigenvalue weighted by Crippen LogP contribution is -2.35. The second-order valence-electron chi connectivity index (χ2n) is 10.5. The van der Waals surface area contributed by atoms with Gasteiger partial charge in [-0.05, 0) is 36.1 Å². The van der Waals surface area contributed by atoms with Crippen molar-refractivity contribution in [1.29, 1.82) is 0 Å². The Kier molecular flexibility index (Phi) is 8.77. The molecule has 4 aromatic rings. The van der Waals surface area contributed by atoms with Gasteiger partial charge in [0.05, 0.1) is 7.11 Å². The minimum absolute atomic E-state index is 0.204. The number of aliphatic carboxylic acids is 1. The number of carboxylic acids is 1. The van der Waals surface area contributed by atoms with Crippen molar-refractivity contribution in [3.05, 3.63) is 90.4 Å². The Hall–Kier alpha value is -4.46. The quantitative estimate of drug-likeness (QED) is 0.222. The van der Waals surface area contributed by atoms with E-state index in [2.05, 4.69) is 15.2 Å². The molecule has 1 fully saturated rings. The molecule has 0 spiro atoms. The van der Waals surface area contributed by atoms with Gasteiger partial charge in [0.25, 0.3) is 0 Å². The number of nitrogens with one attached hydrogen (secondary N) is 1. The van der Waals surface area contributed by atoms with Crippen LogP contribution in [0.5, 0.6) is 5.75 Å². The molecule has 0 aliphatic heterocycles. The monoisotopic (exact) mass is 554 g/mol. The smallest absolute Gasteiger partial charge is 0.326 e. The molecule has 1 aliphatic carbocycles. The van der Waals surface area contributed by atoms with Gasteiger partial charge in [0.2, 0.25) is 5.95 Å². The standard InChI is InChI=1S/C33H35FN4O3/c1-38(24-10-4-3-5-11-24)33-35-21-27(26-13-6-8-14-28(26)34)31(37-33)36-29(32(39)40)20-22-16-18-23(19-17-22)25-12-7-9-15-30(25)41-2/h6-9,12-19,21,24,29H,3-5,10-11,20H2,1-2H3,(H,39,40)(H,35,36,37)/t29-/m0/s1. The van der Waals surface area contributed by atoms with Gasteiger partial charge in [-0.25, -0.2) is 14.2 Å². The van der Waals surface area contributed by atoms with Gasteiger partial charge in [0, 0.05) is 42.4 Å². The van der Waals surface area contributed by atoms with E-state index in [4.69, 9.17) is 9.72 Å². The van der Waals surface area contributed by atoms with Crippen LogP contribution < -0.4 is 15.0 Å². The number of carboxylic acid groups (broad SMARTS) is 1. The topological polar surface area (TPSA) is 87.6 Å². The van der Waals surface area contributed by atoms with Gasteiger partial charge in [-0.2, -0.15) is 4.98 Å². The third-order valence-electron chi connectivity index (χ3n) is 7.80. The molecule has 2 N–H and O–H groups in total. The summed E-state index contributed by atoms with van der Waals surface area (Å²) >= 11 is 0. The minimum atomic E-state index is -1.03. The molecule has 1 aliphatic rings. The predicted molar refractivity (Wildman–Crippen MR) is 160 cm³/mol. The van der Waals surface area contributed by atoms with Crippen LogP contribution in [0.15, 0.2) is 79.0 Å². The maximum atomic E-state index is 14.9. The van der Waals surface area contributed by atoms with Crippen LogP contribution in [0, 0.1) is 5.82 Å². The number of methoxy groups -OCH3 is 1. The first kappa shape index (κ1) is 28.1. The van der Waals surface area contributed by atoms with Crippen molar-refractivity contribution >= 4 is 17.7 Å². The van der Waals surface area contributed by atoms with Crippen LogP contribution in [0.3, 0.4) is 0 Å². The molecular weight excluding hydrogens is 519 g/mol. The number of hydrogen-bond acceptors (Lipinski definition) is 6. The third-order valence-corrected chi connectivity index (χ3v) is 7.80. The van der Waals surface area contributed by atoms with Gasteiger partial charge in [-0.1, -0.05) is 79.9 Å². The van der Waals surface area contributed by atoms with Gasteiger partial charge in [-0.15, -0.1) is 0 Å². The number of ether oxygens (including phenoxy) is 1. The van der Waals surface area contributed by atoms with E-state index >= 15 is 0 Å². The lowest BCUT2D eigenvalue weighted by atomic mass is 9.95. The minimum Gasteiger partial charge on any atom is -0.496 e. The van der Waals surface area contributed by atoms with Crippen LogP contribution in [-0.4, -0.2) is 47.3 Å². The second kappa shape index (κ2) is 12.8. The molecule has 3 aromatic carbocycles. The molecule has 212 valence electrons. The zero-order valence-electron chi connectivity index (χ0n) is 23.4. The Bertz CT molecular complexity index is 1490. The summed E-state index contributed by atoms with van der Waals surface area (Å²) in [7, 11) is 3.60. The van der Waals surface area contributed by atoms with Crippen LogP contribution in [0.25, 0.3) is 22.3 Å². The van der Waals surface area contributed by atoms with E-state index in [0.29, 0.717) is 28.9 Å². The fourth-order valence-electron chi connectivity index (χ4n) is 5.47. The number of carbonyl (C=O) groups is 1. The zero-order chi connectivity index (χ0) is 28.8. The Morgan fingerprint density at radius 2 is 1.68 bits per heavy atom. The number of nitrogens with zero attached hydrogens (tertiary/aromatic N) is 3. The van der Waals surface area contributed by atoms with Gasteiger partial charge in [0.15, 0.2) is 0 Å². The molecule has 0 radical (unpaired) electrons. The average Bonchev–Trinajstić information content (AvgIpc) is 3.01. The van der Waals surface area contributed by atoms with Gasteiger partial charge in [0.1, 0.15) is 23.4 Å². The van der Waals surface area contributed by atoms with Crippen molar-refractivity contribution in [2.75, 3.05) is 24.4 Å². The molecule has 1 heterocycles. The first-order valence-electron chi connectivity index (χ1n) is 14.0. The van der Waals surface area contributed by atoms with E-state index in [1.54, 1.807) is 31.5 Å². The van der Waals surface area contributed by atoms with Crippen molar-refractivity contribution < 1.29 is 19.0 Å². The van der Waals surface area contributed by atoms with Gasteiger partial charge in [-0.3, -0.25) is 0 Å². The van der Waals surface area contributed by atoms with Crippen LogP contribution >= 0.6 is 0 Å². The normalized spacial score (nSPS) is 14.3. The first-order chi connectivity index (χ1) is 19.9. The zero-order valence-corrected chi connectivity index (χ0v) is 23.4. The maximum absolute atomic E-state index is 14.9. The molecule has 1 aromatic heterocycles. The Balaban J connectivity index is 1.44. The van der Waals surface area contributed by atoms with Gasteiger partial charge >= 0.3 is 5.97 Å². The first-order valence-corrected chi connectivity index (χ1v) is 14.0. The summed E-state index contributed by atoms with van der Waals surface area (Å²) in [6, 6.07) is 21.2. The van der Waals surface area contributed by atoms with E-state index in [1.807, 2.05) is 55.6 Å². The van der Waals surface area contributed by atoms with E-state index in [-0.39, 0.29) is 6.42 Å². The molecule has 8 heteroatoms. The number of anilines is 2. The molecule has 0 unspecified atom stereocenters. The van der Waals surface area contributed by atoms with Crippen LogP contribution in [0.1, 0.15) is 37.7 Å². The molecule has 41 heavy (non-hydrogen) atoms. The van der Waals surface area contributed by atoms with E-state index < -0.39 is 17.8 Å². The Morgan fingerprint density at radius 3 is 2.37 bits per heavy atom. The molecule has 0 saturated heterocycles. The highest BCUT2D eigenvalue weighted by Gasteiger charge is 2.25. The third kappa shape index (κ3) is 6.48. The summed E-state index contributed by atoms with van der Waals surface area (Å²) in [4.78, 5) is 23.8. The van der Waals surface area contributed by atoms with Crippen molar-refractivity contribution in [3.8, 4) is 28.0 Å². The highest BCUT2D eigenvalue weighted by Crippen LogP contribution is 2.33. The molecule has 1 saturated carbocycles. The summed E-state index contributed by atoms with van der Waals surface area (Å²) in [6.07, 6.45) is 7.44. The molecule has 5 rings (SSSR count). The lowest BCUT2D eigenvalue weighted by Gasteiger charge is -2.31. The number of halogens is 1. The van der Waals surface area contributed by atoms with Gasteiger partial charge < -0.3 is 20.1 Å². The second-order valence-corrected chi connectivity index (χ2v) is 10.5. The number of para-hydroxylation sites is 1. The highest BCUT2D eigenvalue weighted by atomic mass is 19.1. The molecule has 0 bridgehead atoms. The van der Waals surface area contributed by atoms with Crippen LogP contribution in [-0.2, 0) is 11.2 Å². The van der Waals surface area contributed by atoms with Crippen molar-refractivity contribution in [2.24, 2.45) is 0 Å². The van der Waals surface area contributed by atoms with E-state index in [9.17, 15) is 14.3 Å². The number of aromatic nitrogens is 2. The summed E-state index contributed by atoms with van der Waals surface area (Å²) in [5.41, 5.74) is 3.50. The Morgan fingerprint density at radius 1 is 1.00 bits per heavy atom. The fourth-order valence-corrected chi connectivity index (χ4v) is 5.47. The average molecular weight is 555 g/mol. The summed E-state index contributed by atoms with van der Waals surface area (Å²) in [5, 5.41) is 13.3. The van der Waals surface area contributed by atoms with Crippen LogP contribution in [0.4, 0.5) is 16.2 Å². The number of rotatable bonds is 10. The van der Waals surface area contributed by atoms with Crippen molar-refractivity contribution in [2.45, 2.75) is 50.6 Å². The molecule has 7 nitrogen and oxygen atoms in total. The van der Waals surface area contributed by atoms with E-state index in [1.165, 1.54) is 12.5 Å². The van der Waals surface area contributed by atoms with Crippen molar-refractivity contribution in [1.82, 2.24) is 9.97 Å². The molecule has 0 amide bonds. The number of hydrogen-bond donors (Lipinski definition) is 2. The fraction of sp³-hybridized carbons (Fsp3) is 0.303. The maximum Gasteiger partial charge on any atom is 0.326 e. The summed E-state index contributed by atoms with van der Waals surface area (Å²) in [5.74, 6) is 0.0970. The highest BCUT2D eigenvalue weighted by molar-refractivity contribution is 5.82. The Labute approximate surface area is 240 Å². The van der Waals surface area contributed by atoms with Crippen molar-refractivity contribution in [3.63, 3.8) is 0 Å². The van der Waals surface area contributed by atoms with E-state index in [0.717, 1.165) is 48.1 Å². The SMILES string of the molecule is COc1ccccc1-c1ccc(C[C@H](Nc2nc(N(C)C3CCCCC3)ncc2-c2ccccc2F)C(=O)O)cc1. The lowest BCUT2D eigenvalue weighted by molar-refractivity contribution is -0.137. The molecular formula is C33H35FN4O3. The summed E-state index contributed by atoms with van der Waals surface area (Å²) in [6.45, 7) is 0. The predicted octanol–water partition coefficient (Wildman–Crippen LogP) is 6.84.